The third-order valence-corrected chi connectivity index (χ3v) is 5.55. The third kappa shape index (κ3) is 4.16. The highest BCUT2D eigenvalue weighted by molar-refractivity contribution is 7.92. The number of hydrogen-bond donors (Lipinski definition) is 4. The van der Waals surface area contributed by atoms with Gasteiger partial charge in [-0.15, -0.1) is 0 Å². The Labute approximate surface area is 166 Å². The van der Waals surface area contributed by atoms with Crippen LogP contribution in [0, 0.1) is 18.7 Å². The quantitative estimate of drug-likeness (QED) is 0.563. The number of amides is 1. The molecule has 0 spiro atoms. The van der Waals surface area contributed by atoms with Gasteiger partial charge < -0.3 is 15.5 Å². The van der Waals surface area contributed by atoms with Crippen LogP contribution in [-0.2, 0) is 21.4 Å². The number of hydrogen-bond acceptors (Lipinski definition) is 8. The van der Waals surface area contributed by atoms with Gasteiger partial charge in [-0.3, -0.25) is 4.79 Å². The number of aryl methyl sites for hydroxylation is 1. The zero-order chi connectivity index (χ0) is 21.5. The van der Waals surface area contributed by atoms with E-state index in [0.29, 0.717) is 22.0 Å². The van der Waals surface area contributed by atoms with Gasteiger partial charge in [-0.1, -0.05) is 13.8 Å². The van der Waals surface area contributed by atoms with Crippen molar-refractivity contribution in [2.24, 2.45) is 5.92 Å². The molecule has 0 radical (unpaired) electrons. The average Bonchev–Trinajstić information content (AvgIpc) is 2.82. The van der Waals surface area contributed by atoms with E-state index in [1.807, 2.05) is 13.8 Å². The predicted octanol–water partition coefficient (Wildman–Crippen LogP) is 1.46. The molecule has 10 nitrogen and oxygen atoms in total. The summed E-state index contributed by atoms with van der Waals surface area (Å²) in [5.74, 6) is -2.57. The van der Waals surface area contributed by atoms with Crippen LogP contribution in [-0.4, -0.2) is 41.1 Å². The first-order valence-corrected chi connectivity index (χ1v) is 10.1. The van der Waals surface area contributed by atoms with E-state index in [2.05, 4.69) is 15.3 Å². The van der Waals surface area contributed by atoms with Crippen molar-refractivity contribution in [2.45, 2.75) is 27.2 Å². The van der Waals surface area contributed by atoms with E-state index < -0.39 is 39.9 Å². The summed E-state index contributed by atoms with van der Waals surface area (Å²) in [7, 11) is -4.28. The summed E-state index contributed by atoms with van der Waals surface area (Å²) in [4.78, 5) is 19.5. The molecular weight excluding hydrogens is 405 g/mol. The molecule has 1 aromatic heterocycles. The molecule has 156 valence electrons. The lowest BCUT2D eigenvalue weighted by Crippen LogP contribution is -2.30. The van der Waals surface area contributed by atoms with Crippen LogP contribution < -0.4 is 14.3 Å². The Morgan fingerprint density at radius 1 is 1.31 bits per heavy atom. The highest BCUT2D eigenvalue weighted by Gasteiger charge is 2.37. The molecule has 0 saturated carbocycles. The van der Waals surface area contributed by atoms with Gasteiger partial charge >= 0.3 is 10.2 Å². The lowest BCUT2D eigenvalue weighted by atomic mass is 10.0. The van der Waals surface area contributed by atoms with Gasteiger partial charge in [0.15, 0.2) is 5.82 Å². The molecule has 2 heterocycles. The summed E-state index contributed by atoms with van der Waals surface area (Å²) in [6, 6.07) is 1.99. The Kier molecular flexibility index (Phi) is 5.22. The number of carbonyl (C=O) groups is 1. The molecule has 1 aliphatic rings. The third-order valence-electron chi connectivity index (χ3n) is 4.17. The molecule has 1 aromatic carbocycles. The summed E-state index contributed by atoms with van der Waals surface area (Å²) in [5.41, 5.74) is 0.519. The average molecular weight is 425 g/mol. The number of phenolic OH excluding ortho intramolecular Hbond substituents is 1. The number of benzene rings is 1. The molecule has 12 heteroatoms. The Bertz CT molecular complexity index is 1040. The zero-order valence-electron chi connectivity index (χ0n) is 15.9. The Hall–Kier alpha value is -3.15. The van der Waals surface area contributed by atoms with Crippen LogP contribution in [0.25, 0.3) is 0 Å². The maximum absolute atomic E-state index is 14.6. The van der Waals surface area contributed by atoms with Gasteiger partial charge in [-0.25, -0.2) is 18.4 Å². The van der Waals surface area contributed by atoms with Crippen LogP contribution in [0.15, 0.2) is 12.1 Å². The fraction of sp³-hybridized carbons (Fsp3) is 0.353. The van der Waals surface area contributed by atoms with Crippen molar-refractivity contribution >= 4 is 33.4 Å². The first-order chi connectivity index (χ1) is 13.5. The van der Waals surface area contributed by atoms with Crippen LogP contribution in [0.5, 0.6) is 11.6 Å². The Morgan fingerprint density at radius 2 is 2.00 bits per heavy atom. The normalized spacial score (nSPS) is 15.6. The Balaban J connectivity index is 1.91. The second-order valence-corrected chi connectivity index (χ2v) is 8.62. The van der Waals surface area contributed by atoms with E-state index in [1.165, 1.54) is 0 Å². The number of anilines is 3. The minimum Gasteiger partial charge on any atom is -0.506 e. The summed E-state index contributed by atoms with van der Waals surface area (Å²) < 4.78 is 40.5. The van der Waals surface area contributed by atoms with E-state index in [1.54, 1.807) is 11.6 Å². The fourth-order valence-electron chi connectivity index (χ4n) is 2.96. The molecule has 1 amide bonds. The van der Waals surface area contributed by atoms with Crippen molar-refractivity contribution in [1.29, 1.82) is 0 Å². The van der Waals surface area contributed by atoms with E-state index in [9.17, 15) is 27.8 Å². The first kappa shape index (κ1) is 20.6. The van der Waals surface area contributed by atoms with Crippen LogP contribution in [0.4, 0.5) is 21.7 Å². The van der Waals surface area contributed by atoms with Crippen molar-refractivity contribution < 1.29 is 27.8 Å². The first-order valence-electron chi connectivity index (χ1n) is 8.67. The lowest BCUT2D eigenvalue weighted by molar-refractivity contribution is -0.117. The minimum atomic E-state index is -4.28. The van der Waals surface area contributed by atoms with E-state index in [4.69, 9.17) is 0 Å². The number of halogens is 1. The largest absolute Gasteiger partial charge is 0.506 e. The monoisotopic (exact) mass is 425 g/mol. The van der Waals surface area contributed by atoms with Gasteiger partial charge in [-0.2, -0.15) is 13.4 Å². The van der Waals surface area contributed by atoms with E-state index in [-0.39, 0.29) is 23.4 Å². The van der Waals surface area contributed by atoms with Crippen molar-refractivity contribution in [3.63, 3.8) is 0 Å². The van der Waals surface area contributed by atoms with Gasteiger partial charge in [-0.05, 0) is 25.3 Å². The number of aromatic hydroxyl groups is 2. The van der Waals surface area contributed by atoms with Crippen LogP contribution >= 0.6 is 0 Å². The second kappa shape index (κ2) is 7.35. The molecule has 3 rings (SSSR count). The van der Waals surface area contributed by atoms with Gasteiger partial charge in [0.05, 0.1) is 0 Å². The smallest absolute Gasteiger partial charge is 0.326 e. The highest BCUT2D eigenvalue weighted by atomic mass is 32.2. The molecule has 1 saturated heterocycles. The van der Waals surface area contributed by atoms with Gasteiger partial charge in [0.1, 0.15) is 18.0 Å². The topological polar surface area (TPSA) is 145 Å². The molecule has 2 aromatic rings. The molecule has 0 aliphatic carbocycles. The van der Waals surface area contributed by atoms with Crippen LogP contribution in [0.3, 0.4) is 0 Å². The zero-order valence-corrected chi connectivity index (χ0v) is 16.7. The minimum absolute atomic E-state index is 0.0232. The summed E-state index contributed by atoms with van der Waals surface area (Å²) in [5, 5.41) is 23.0. The summed E-state index contributed by atoms with van der Waals surface area (Å²) in [6.45, 7) is 5.03. The molecule has 0 atom stereocenters. The SMILES string of the molecule is Cc1nc(Nc2cc(O)c(N3CC(=O)NS3(=O)=O)c(F)c2)nc(O)c1CC(C)C. The number of aromatic nitrogens is 2. The Morgan fingerprint density at radius 3 is 2.52 bits per heavy atom. The maximum Gasteiger partial charge on any atom is 0.326 e. The van der Waals surface area contributed by atoms with E-state index in [0.717, 1.165) is 12.1 Å². The van der Waals surface area contributed by atoms with Crippen molar-refractivity contribution in [3.05, 3.63) is 29.2 Å². The van der Waals surface area contributed by atoms with Crippen molar-refractivity contribution in [3.8, 4) is 11.6 Å². The van der Waals surface area contributed by atoms with Crippen molar-refractivity contribution in [1.82, 2.24) is 14.7 Å². The molecule has 1 fully saturated rings. The van der Waals surface area contributed by atoms with E-state index >= 15 is 0 Å². The molecule has 4 N–H and O–H groups in total. The fourth-order valence-corrected chi connectivity index (χ4v) is 4.13. The number of nitrogens with zero attached hydrogens (tertiary/aromatic N) is 3. The predicted molar refractivity (Wildman–Crippen MR) is 103 cm³/mol. The lowest BCUT2D eigenvalue weighted by Gasteiger charge is -2.18. The van der Waals surface area contributed by atoms with Crippen molar-refractivity contribution in [2.75, 3.05) is 16.2 Å². The molecule has 0 unspecified atom stereocenters. The number of phenols is 1. The summed E-state index contributed by atoms with van der Waals surface area (Å²) in [6.07, 6.45) is 0.582. The molecule has 1 aliphatic heterocycles. The number of carbonyl (C=O) groups excluding carboxylic acids is 1. The van der Waals surface area contributed by atoms with Gasteiger partial charge in [0.2, 0.25) is 11.8 Å². The molecular formula is C17H20FN5O5S. The molecule has 29 heavy (non-hydrogen) atoms. The van der Waals surface area contributed by atoms with Crippen LogP contribution in [0.1, 0.15) is 25.1 Å². The van der Waals surface area contributed by atoms with Gasteiger partial charge in [0.25, 0.3) is 5.91 Å². The molecule has 0 bridgehead atoms. The second-order valence-electron chi connectivity index (χ2n) is 7.02. The number of nitrogens with one attached hydrogen (secondary N) is 2. The van der Waals surface area contributed by atoms with Crippen LogP contribution in [0.2, 0.25) is 0 Å². The van der Waals surface area contributed by atoms with Gasteiger partial charge in [0, 0.05) is 23.0 Å². The summed E-state index contributed by atoms with van der Waals surface area (Å²) >= 11 is 0. The highest BCUT2D eigenvalue weighted by Crippen LogP contribution is 2.36. The maximum atomic E-state index is 14.6. The number of rotatable bonds is 5. The standard InChI is InChI=1S/C17H20FN5O5S/c1-8(2)4-11-9(3)19-17(21-16(11)26)20-10-5-12(18)15(13(24)6-10)23-7-14(25)22-29(23,27)28/h5-6,8,24H,4,7H2,1-3H3,(H,22,25)(H2,19,20,21,26).